The number of esters is 1. The van der Waals surface area contributed by atoms with Crippen molar-refractivity contribution >= 4 is 5.97 Å². The van der Waals surface area contributed by atoms with Gasteiger partial charge in [-0.3, -0.25) is 0 Å². The molecule has 1 aliphatic rings. The summed E-state index contributed by atoms with van der Waals surface area (Å²) in [5.41, 5.74) is 0.974. The van der Waals surface area contributed by atoms with Gasteiger partial charge in [-0.1, -0.05) is 18.2 Å². The molecule has 0 fully saturated rings. The van der Waals surface area contributed by atoms with Gasteiger partial charge in [-0.05, 0) is 6.07 Å². The number of fused-ring (bicyclic) bond motifs is 1. The van der Waals surface area contributed by atoms with Crippen molar-refractivity contribution in [3.63, 3.8) is 0 Å². The highest BCUT2D eigenvalue weighted by Crippen LogP contribution is 2.35. The average Bonchev–Trinajstić information content (AvgIpc) is 2.42. The van der Waals surface area contributed by atoms with Crippen LogP contribution in [0, 0.1) is 0 Å². The number of carbonyl (C=O) groups excluding carboxylic acids is 1. The van der Waals surface area contributed by atoms with Gasteiger partial charge in [-0.15, -0.1) is 0 Å². The van der Waals surface area contributed by atoms with Crippen molar-refractivity contribution in [3.8, 4) is 0 Å². The number of benzene rings is 1. The van der Waals surface area contributed by atoms with Crippen molar-refractivity contribution < 1.29 is 19.7 Å². The van der Waals surface area contributed by atoms with Crippen LogP contribution in [0.3, 0.4) is 0 Å². The van der Waals surface area contributed by atoms with Crippen LogP contribution in [-0.2, 0) is 15.4 Å². The fourth-order valence-electron chi connectivity index (χ4n) is 1.41. The van der Waals surface area contributed by atoms with Crippen LogP contribution in [0.1, 0.15) is 22.8 Å². The number of hydrogen-bond donors (Lipinski definition) is 1. The molecule has 1 aromatic carbocycles. The number of ether oxygens (including phenoxy) is 1. The highest BCUT2D eigenvalue weighted by Gasteiger charge is 2.43. The lowest BCUT2D eigenvalue weighted by Crippen LogP contribution is -2.24. The zero-order valence-electron chi connectivity index (χ0n) is 6.98. The molecule has 0 aromatic heterocycles. The van der Waals surface area contributed by atoms with Crippen LogP contribution in [0.4, 0.5) is 0 Å². The summed E-state index contributed by atoms with van der Waals surface area (Å²) in [7, 11) is 0. The van der Waals surface area contributed by atoms with Gasteiger partial charge >= 0.3 is 5.97 Å². The largest absolute Gasteiger partial charge is 0.423 e. The summed E-state index contributed by atoms with van der Waals surface area (Å²) in [4.78, 5) is 15.4. The van der Waals surface area contributed by atoms with E-state index in [0.29, 0.717) is 11.1 Å². The first-order valence-electron chi connectivity index (χ1n) is 3.83. The van der Waals surface area contributed by atoms with Crippen LogP contribution in [0.2, 0.25) is 0 Å². The Balaban J connectivity index is 2.59. The zero-order chi connectivity index (χ0) is 9.47. The second-order valence-electron chi connectivity index (χ2n) is 2.97. The van der Waals surface area contributed by atoms with Crippen LogP contribution in [-0.4, -0.2) is 11.2 Å². The Hall–Kier alpha value is -1.39. The van der Waals surface area contributed by atoms with Crippen molar-refractivity contribution in [2.24, 2.45) is 0 Å². The molecular formula is C9H8O4. The highest BCUT2D eigenvalue weighted by atomic mass is 17.1. The lowest BCUT2D eigenvalue weighted by molar-refractivity contribution is -0.386. The van der Waals surface area contributed by atoms with Crippen LogP contribution in [0.25, 0.3) is 0 Å². The second kappa shape index (κ2) is 2.55. The van der Waals surface area contributed by atoms with Crippen LogP contribution in [0.15, 0.2) is 24.3 Å². The maximum Gasteiger partial charge on any atom is 0.341 e. The molecule has 0 amide bonds. The van der Waals surface area contributed by atoms with Crippen LogP contribution < -0.4 is 0 Å². The van der Waals surface area contributed by atoms with E-state index in [1.165, 1.54) is 6.92 Å². The minimum atomic E-state index is -1.35. The molecule has 0 bridgehead atoms. The Morgan fingerprint density at radius 3 is 2.85 bits per heavy atom. The SMILES string of the molecule is CC1(OO)OC(=O)c2ccccc21. The highest BCUT2D eigenvalue weighted by molar-refractivity contribution is 5.94. The Morgan fingerprint density at radius 1 is 1.46 bits per heavy atom. The lowest BCUT2D eigenvalue weighted by atomic mass is 10.0. The molecule has 0 radical (unpaired) electrons. The molecule has 1 heterocycles. The Kier molecular flexibility index (Phi) is 1.61. The van der Waals surface area contributed by atoms with Gasteiger partial charge < -0.3 is 4.74 Å². The van der Waals surface area contributed by atoms with Crippen molar-refractivity contribution in [2.45, 2.75) is 12.7 Å². The van der Waals surface area contributed by atoms with Crippen molar-refractivity contribution in [2.75, 3.05) is 0 Å². The molecule has 1 N–H and O–H groups in total. The fourth-order valence-corrected chi connectivity index (χ4v) is 1.41. The molecule has 0 saturated heterocycles. The smallest absolute Gasteiger partial charge is 0.341 e. The molecule has 1 aliphatic heterocycles. The molecule has 4 heteroatoms. The second-order valence-corrected chi connectivity index (χ2v) is 2.97. The molecule has 2 rings (SSSR count). The van der Waals surface area contributed by atoms with Gasteiger partial charge in [-0.25, -0.2) is 10.1 Å². The summed E-state index contributed by atoms with van der Waals surface area (Å²) in [6.07, 6.45) is 0. The van der Waals surface area contributed by atoms with E-state index in [-0.39, 0.29) is 0 Å². The number of carbonyl (C=O) groups is 1. The molecule has 13 heavy (non-hydrogen) atoms. The van der Waals surface area contributed by atoms with E-state index in [2.05, 4.69) is 4.89 Å². The Morgan fingerprint density at radius 2 is 2.15 bits per heavy atom. The summed E-state index contributed by atoms with van der Waals surface area (Å²) in [5.74, 6) is -1.83. The van der Waals surface area contributed by atoms with E-state index in [1.54, 1.807) is 24.3 Å². The van der Waals surface area contributed by atoms with E-state index in [1.807, 2.05) is 0 Å². The van der Waals surface area contributed by atoms with Crippen molar-refractivity contribution in [3.05, 3.63) is 35.4 Å². The van der Waals surface area contributed by atoms with E-state index < -0.39 is 11.8 Å². The van der Waals surface area contributed by atoms with E-state index in [9.17, 15) is 4.79 Å². The van der Waals surface area contributed by atoms with E-state index in [4.69, 9.17) is 9.99 Å². The molecular weight excluding hydrogens is 172 g/mol. The minimum Gasteiger partial charge on any atom is -0.423 e. The predicted molar refractivity (Wildman–Crippen MR) is 42.9 cm³/mol. The third-order valence-corrected chi connectivity index (χ3v) is 2.10. The lowest BCUT2D eigenvalue weighted by Gasteiger charge is -2.18. The van der Waals surface area contributed by atoms with Gasteiger partial charge in [0.05, 0.1) is 5.56 Å². The Labute approximate surface area is 74.6 Å². The maximum absolute atomic E-state index is 11.2. The summed E-state index contributed by atoms with van der Waals surface area (Å²) in [6.45, 7) is 1.48. The first-order valence-corrected chi connectivity index (χ1v) is 3.83. The van der Waals surface area contributed by atoms with Gasteiger partial charge in [0, 0.05) is 12.5 Å². The van der Waals surface area contributed by atoms with Gasteiger partial charge in [0.15, 0.2) is 0 Å². The molecule has 68 valence electrons. The van der Waals surface area contributed by atoms with Crippen molar-refractivity contribution in [1.29, 1.82) is 0 Å². The first-order chi connectivity index (χ1) is 6.17. The van der Waals surface area contributed by atoms with Gasteiger partial charge in [0.1, 0.15) is 0 Å². The summed E-state index contributed by atoms with van der Waals surface area (Å²) in [5, 5.41) is 8.61. The first kappa shape index (κ1) is 8.22. The minimum absolute atomic E-state index is 0.430. The molecule has 1 atom stereocenters. The van der Waals surface area contributed by atoms with E-state index >= 15 is 0 Å². The predicted octanol–water partition coefficient (Wildman–Crippen LogP) is 1.52. The van der Waals surface area contributed by atoms with Gasteiger partial charge in [-0.2, -0.15) is 4.89 Å². The van der Waals surface area contributed by atoms with Crippen LogP contribution in [0.5, 0.6) is 0 Å². The number of hydrogen-bond acceptors (Lipinski definition) is 4. The standard InChI is InChI=1S/C9H8O4/c1-9(13-11)7-5-3-2-4-6(7)8(10)12-9/h2-5,11H,1H3. The molecule has 1 unspecified atom stereocenters. The third kappa shape index (κ3) is 1.03. The summed E-state index contributed by atoms with van der Waals surface area (Å²) >= 11 is 0. The fraction of sp³-hybridized carbons (Fsp3) is 0.222. The van der Waals surface area contributed by atoms with Crippen LogP contribution >= 0.6 is 0 Å². The summed E-state index contributed by atoms with van der Waals surface area (Å²) in [6, 6.07) is 6.78. The number of rotatable bonds is 1. The normalized spacial score (nSPS) is 25.5. The molecule has 0 saturated carbocycles. The van der Waals surface area contributed by atoms with E-state index in [0.717, 1.165) is 0 Å². The molecule has 1 aromatic rings. The average molecular weight is 180 g/mol. The summed E-state index contributed by atoms with van der Waals surface area (Å²) < 4.78 is 4.86. The third-order valence-electron chi connectivity index (χ3n) is 2.10. The topological polar surface area (TPSA) is 55.8 Å². The quantitative estimate of drug-likeness (QED) is 0.404. The van der Waals surface area contributed by atoms with Gasteiger partial charge in [0.2, 0.25) is 0 Å². The molecule has 4 nitrogen and oxygen atoms in total. The Bertz CT molecular complexity index is 360. The number of cyclic esters (lactones) is 1. The zero-order valence-corrected chi connectivity index (χ0v) is 6.98. The maximum atomic E-state index is 11.2. The molecule has 0 aliphatic carbocycles. The van der Waals surface area contributed by atoms with Gasteiger partial charge in [0.25, 0.3) is 5.79 Å². The molecule has 0 spiro atoms. The van der Waals surface area contributed by atoms with Crippen molar-refractivity contribution in [1.82, 2.24) is 0 Å². The monoisotopic (exact) mass is 180 g/mol.